The second-order valence-corrected chi connectivity index (χ2v) is 3.01. The van der Waals surface area contributed by atoms with E-state index in [1.807, 2.05) is 29.1 Å². The Hall–Kier alpha value is -1.86. The van der Waals surface area contributed by atoms with Gasteiger partial charge >= 0.3 is 0 Å². The zero-order valence-electron chi connectivity index (χ0n) is 9.17. The number of nitriles is 1. The molecule has 0 amide bonds. The second kappa shape index (κ2) is 8.45. The quantitative estimate of drug-likeness (QED) is 0.336. The molecule has 1 aromatic rings. The summed E-state index contributed by atoms with van der Waals surface area (Å²) in [6, 6.07) is 0. The van der Waals surface area contributed by atoms with Gasteiger partial charge in [-0.05, 0) is 0 Å². The van der Waals surface area contributed by atoms with Crippen LogP contribution < -0.4 is 4.57 Å². The average molecular weight is 233 g/mol. The smallest absolute Gasteiger partial charge is 0.265 e. The molecule has 0 saturated carbocycles. The maximum atomic E-state index is 7.13. The zero-order valence-corrected chi connectivity index (χ0v) is 9.99. The van der Waals surface area contributed by atoms with Crippen molar-refractivity contribution in [3.05, 3.63) is 50.1 Å². The fourth-order valence-electron chi connectivity index (χ4n) is 1.30. The van der Waals surface area contributed by atoms with Gasteiger partial charge in [-0.15, -0.1) is 6.58 Å². The Balaban J connectivity index is 0.000000673. The predicted octanol–water partition coefficient (Wildman–Crippen LogP) is 1.80. The fraction of sp³-hybridized carbons (Fsp3) is 0.167. The molecule has 0 aliphatic heterocycles. The van der Waals surface area contributed by atoms with Crippen molar-refractivity contribution in [3.63, 3.8) is 0 Å². The van der Waals surface area contributed by atoms with Crippen molar-refractivity contribution >= 4 is 18.8 Å². The van der Waals surface area contributed by atoms with Crippen LogP contribution in [0.2, 0.25) is 0 Å². The molecule has 0 fully saturated rings. The minimum Gasteiger partial charge on any atom is -0.696 e. The van der Waals surface area contributed by atoms with Crippen LogP contribution in [0.15, 0.2) is 44.3 Å². The van der Waals surface area contributed by atoms with Gasteiger partial charge in [0, 0.05) is 0 Å². The van der Waals surface area contributed by atoms with Gasteiger partial charge in [-0.3, -0.25) is 0 Å². The van der Waals surface area contributed by atoms with E-state index in [4.69, 9.17) is 5.26 Å². The molecular formula is C12H15N3S. The normalized spacial score (nSPS) is 8.19. The molecule has 0 spiro atoms. The lowest BCUT2D eigenvalue weighted by atomic mass is 10.4. The number of allylic oxidation sites excluding steroid dienone is 2. The Bertz CT molecular complexity index is 399. The number of hydrogen-bond donors (Lipinski definition) is 0. The molecule has 0 aliphatic carbocycles. The van der Waals surface area contributed by atoms with Gasteiger partial charge in [0.2, 0.25) is 0 Å². The lowest BCUT2D eigenvalue weighted by molar-refractivity contribution is -0.693. The summed E-state index contributed by atoms with van der Waals surface area (Å²) in [5.74, 6) is 1.17. The van der Waals surface area contributed by atoms with Gasteiger partial charge in [-0.25, -0.2) is 14.4 Å². The molecule has 1 aromatic heterocycles. The molecule has 3 nitrogen and oxygen atoms in total. The van der Waals surface area contributed by atoms with Crippen molar-refractivity contribution in [2.24, 2.45) is 0 Å². The summed E-state index contributed by atoms with van der Waals surface area (Å²) in [7, 11) is 0. The predicted molar refractivity (Wildman–Crippen MR) is 68.1 cm³/mol. The largest absolute Gasteiger partial charge is 0.696 e. The highest BCUT2D eigenvalue weighted by Crippen LogP contribution is 1.97. The highest BCUT2D eigenvalue weighted by Gasteiger charge is 2.11. The lowest BCUT2D eigenvalue weighted by Gasteiger charge is -1.96. The third-order valence-electron chi connectivity index (χ3n) is 1.89. The third-order valence-corrected chi connectivity index (χ3v) is 1.89. The molecule has 4 heteroatoms. The van der Waals surface area contributed by atoms with Gasteiger partial charge < -0.3 is 12.6 Å². The maximum absolute atomic E-state index is 7.13. The number of hydrogen-bond acceptors (Lipinski definition) is 2. The molecule has 0 atom stereocenters. The van der Waals surface area contributed by atoms with Crippen LogP contribution in [0.25, 0.3) is 6.20 Å². The summed E-state index contributed by atoms with van der Waals surface area (Å²) in [6.45, 7) is 12.0. The molecule has 0 radical (unpaired) electrons. The van der Waals surface area contributed by atoms with E-state index in [9.17, 15) is 0 Å². The summed E-state index contributed by atoms with van der Waals surface area (Å²) in [5.41, 5.74) is 0. The summed E-state index contributed by atoms with van der Waals surface area (Å²) in [4.78, 5) is 0. The summed E-state index contributed by atoms with van der Waals surface area (Å²) in [6.07, 6.45) is 10.4. The van der Waals surface area contributed by atoms with E-state index in [1.54, 1.807) is 6.20 Å². The summed E-state index contributed by atoms with van der Waals surface area (Å²) in [5, 5.41) is 8.47. The van der Waals surface area contributed by atoms with E-state index in [2.05, 4.69) is 36.9 Å². The molecule has 0 bridgehead atoms. The first-order valence-electron chi connectivity index (χ1n) is 4.69. The number of rotatable bonds is 5. The molecular weight excluding hydrogens is 218 g/mol. The number of thiocyanates is 1. The minimum atomic E-state index is 0.823. The van der Waals surface area contributed by atoms with Crippen molar-refractivity contribution in [1.82, 2.24) is 4.57 Å². The van der Waals surface area contributed by atoms with Crippen LogP contribution in [0.3, 0.4) is 0 Å². The van der Waals surface area contributed by atoms with E-state index in [-0.39, 0.29) is 0 Å². The fourth-order valence-corrected chi connectivity index (χ4v) is 1.30. The highest BCUT2D eigenvalue weighted by atomic mass is 32.1. The summed E-state index contributed by atoms with van der Waals surface area (Å²) >= 11 is 3.70. The summed E-state index contributed by atoms with van der Waals surface area (Å²) < 4.78 is 4.11. The number of nitrogens with zero attached hydrogens (tertiary/aromatic N) is 3. The highest BCUT2D eigenvalue weighted by molar-refractivity contribution is 7.64. The molecule has 1 rings (SSSR count). The van der Waals surface area contributed by atoms with Crippen LogP contribution >= 0.6 is 0 Å². The van der Waals surface area contributed by atoms with Gasteiger partial charge in [0.05, 0.1) is 12.6 Å². The molecule has 16 heavy (non-hydrogen) atoms. The molecule has 0 unspecified atom stereocenters. The van der Waals surface area contributed by atoms with Crippen LogP contribution in [0.5, 0.6) is 0 Å². The van der Waals surface area contributed by atoms with Crippen LogP contribution in [0, 0.1) is 10.7 Å². The number of imidazole rings is 1. The first kappa shape index (κ1) is 14.1. The Morgan fingerprint density at radius 3 is 2.50 bits per heavy atom. The maximum Gasteiger partial charge on any atom is 0.265 e. The first-order chi connectivity index (χ1) is 7.74. The van der Waals surface area contributed by atoms with E-state index in [0.717, 1.165) is 13.0 Å². The van der Waals surface area contributed by atoms with E-state index in [0.29, 0.717) is 0 Å². The van der Waals surface area contributed by atoms with Gasteiger partial charge in [0.15, 0.2) is 0 Å². The van der Waals surface area contributed by atoms with Crippen LogP contribution in [-0.4, -0.2) is 4.57 Å². The lowest BCUT2D eigenvalue weighted by Crippen LogP contribution is -2.35. The van der Waals surface area contributed by atoms with Gasteiger partial charge in [0.1, 0.15) is 18.9 Å². The molecule has 0 saturated heterocycles. The van der Waals surface area contributed by atoms with Crippen molar-refractivity contribution in [2.45, 2.75) is 13.0 Å². The third kappa shape index (κ3) is 4.11. The average Bonchev–Trinajstić information content (AvgIpc) is 2.64. The molecule has 0 N–H and O–H groups in total. The second-order valence-electron chi connectivity index (χ2n) is 2.83. The standard InChI is InChI=1S/C11H15N2.CHNS/c1-4-7-11-12(6-3)9-10-13(11)8-5-2;2-1-3/h4-6,9-10H,1-3,7-8H2;3H/q+1;/p-1. The Morgan fingerprint density at radius 1 is 1.44 bits per heavy atom. The van der Waals surface area contributed by atoms with Crippen molar-refractivity contribution in [3.8, 4) is 5.40 Å². The minimum absolute atomic E-state index is 0.823. The van der Waals surface area contributed by atoms with Gasteiger partial charge in [0.25, 0.3) is 5.82 Å². The SMILES string of the molecule is C=CCc1n(C=C)cc[n+]1CC=C.N#C[S-]. The Kier molecular flexibility index (Phi) is 7.47. The van der Waals surface area contributed by atoms with Gasteiger partial charge in [-0.2, -0.15) is 0 Å². The zero-order chi connectivity index (χ0) is 12.4. The van der Waals surface area contributed by atoms with Crippen molar-refractivity contribution in [2.75, 3.05) is 0 Å². The van der Waals surface area contributed by atoms with Gasteiger partial charge in [-0.1, -0.05) is 30.7 Å². The van der Waals surface area contributed by atoms with E-state index in [1.165, 1.54) is 11.2 Å². The van der Waals surface area contributed by atoms with Crippen LogP contribution in [-0.2, 0) is 25.6 Å². The van der Waals surface area contributed by atoms with Crippen molar-refractivity contribution < 1.29 is 4.57 Å². The molecule has 0 aromatic carbocycles. The molecule has 1 heterocycles. The monoisotopic (exact) mass is 233 g/mol. The first-order valence-corrected chi connectivity index (χ1v) is 5.10. The van der Waals surface area contributed by atoms with E-state index >= 15 is 0 Å². The molecule has 84 valence electrons. The topological polar surface area (TPSA) is 32.6 Å². The van der Waals surface area contributed by atoms with Crippen LogP contribution in [0.4, 0.5) is 0 Å². The Labute approximate surface area is 102 Å². The number of aromatic nitrogens is 2. The van der Waals surface area contributed by atoms with E-state index < -0.39 is 0 Å². The van der Waals surface area contributed by atoms with Crippen LogP contribution in [0.1, 0.15) is 5.82 Å². The van der Waals surface area contributed by atoms with Crippen molar-refractivity contribution in [1.29, 1.82) is 5.26 Å². The Morgan fingerprint density at radius 2 is 2.06 bits per heavy atom. The molecule has 0 aliphatic rings.